The number of benzene rings is 1. The second kappa shape index (κ2) is 4.23. The lowest BCUT2D eigenvalue weighted by atomic mass is 10.1. The van der Waals surface area contributed by atoms with Crippen molar-refractivity contribution in [2.75, 3.05) is 13.6 Å². The second-order valence-corrected chi connectivity index (χ2v) is 4.66. The minimum absolute atomic E-state index is 0.153. The first kappa shape index (κ1) is 11.1. The van der Waals surface area contributed by atoms with E-state index in [0.29, 0.717) is 12.1 Å². The van der Waals surface area contributed by atoms with E-state index in [-0.39, 0.29) is 11.2 Å². The van der Waals surface area contributed by atoms with Crippen molar-refractivity contribution in [2.24, 2.45) is 5.41 Å². The van der Waals surface area contributed by atoms with Crippen LogP contribution in [-0.2, 0) is 6.54 Å². The van der Waals surface area contributed by atoms with Crippen LogP contribution in [0.5, 0.6) is 0 Å². The lowest BCUT2D eigenvalue weighted by Gasteiger charge is -2.19. The van der Waals surface area contributed by atoms with Gasteiger partial charge in [-0.2, -0.15) is 5.26 Å². The highest BCUT2D eigenvalue weighted by atomic mass is 19.1. The molecule has 84 valence electrons. The Kier molecular flexibility index (Phi) is 2.93. The van der Waals surface area contributed by atoms with Gasteiger partial charge >= 0.3 is 0 Å². The smallest absolute Gasteiger partial charge is 0.127 e. The number of hydrogen-bond acceptors (Lipinski definition) is 2. The van der Waals surface area contributed by atoms with Crippen LogP contribution in [0.15, 0.2) is 24.3 Å². The zero-order valence-electron chi connectivity index (χ0n) is 9.41. The molecule has 1 aromatic rings. The predicted octanol–water partition coefficient (Wildman–Crippen LogP) is 2.56. The van der Waals surface area contributed by atoms with Gasteiger partial charge < -0.3 is 4.90 Å². The van der Waals surface area contributed by atoms with Crippen LogP contribution in [0.4, 0.5) is 4.39 Å². The summed E-state index contributed by atoms with van der Waals surface area (Å²) in [6.07, 6.45) is 1.95. The van der Waals surface area contributed by atoms with E-state index in [1.807, 2.05) is 18.0 Å². The first-order valence-electron chi connectivity index (χ1n) is 5.48. The van der Waals surface area contributed by atoms with Crippen molar-refractivity contribution >= 4 is 0 Å². The summed E-state index contributed by atoms with van der Waals surface area (Å²) in [6, 6.07) is 9.14. The number of halogens is 1. The van der Waals surface area contributed by atoms with Crippen LogP contribution in [0.25, 0.3) is 0 Å². The summed E-state index contributed by atoms with van der Waals surface area (Å²) in [6.45, 7) is 1.30. The van der Waals surface area contributed by atoms with Crippen LogP contribution < -0.4 is 0 Å². The molecule has 0 saturated heterocycles. The molecule has 1 aromatic carbocycles. The minimum atomic E-state index is -0.170. The van der Waals surface area contributed by atoms with Crippen molar-refractivity contribution in [3.63, 3.8) is 0 Å². The molecule has 1 saturated carbocycles. The predicted molar refractivity (Wildman–Crippen MR) is 60.0 cm³/mol. The monoisotopic (exact) mass is 218 g/mol. The first-order chi connectivity index (χ1) is 7.65. The average Bonchev–Trinajstić information content (AvgIpc) is 3.02. The van der Waals surface area contributed by atoms with Gasteiger partial charge in [0, 0.05) is 18.7 Å². The summed E-state index contributed by atoms with van der Waals surface area (Å²) in [7, 11) is 1.93. The molecule has 16 heavy (non-hydrogen) atoms. The van der Waals surface area contributed by atoms with Gasteiger partial charge in [-0.1, -0.05) is 18.2 Å². The Morgan fingerprint density at radius 1 is 1.44 bits per heavy atom. The van der Waals surface area contributed by atoms with E-state index in [2.05, 4.69) is 6.07 Å². The van der Waals surface area contributed by atoms with Gasteiger partial charge in [0.1, 0.15) is 5.82 Å². The normalized spacial score (nSPS) is 17.1. The van der Waals surface area contributed by atoms with E-state index in [1.54, 1.807) is 12.1 Å². The second-order valence-electron chi connectivity index (χ2n) is 4.66. The van der Waals surface area contributed by atoms with E-state index < -0.39 is 0 Å². The maximum atomic E-state index is 13.4. The fourth-order valence-electron chi connectivity index (χ4n) is 1.95. The molecule has 0 spiro atoms. The summed E-state index contributed by atoms with van der Waals surface area (Å²) in [5.74, 6) is -0.170. The highest BCUT2D eigenvalue weighted by Gasteiger charge is 2.43. The van der Waals surface area contributed by atoms with Crippen molar-refractivity contribution in [3.05, 3.63) is 35.6 Å². The third-order valence-corrected chi connectivity index (χ3v) is 3.06. The van der Waals surface area contributed by atoms with Gasteiger partial charge in [-0.15, -0.1) is 0 Å². The molecule has 0 aromatic heterocycles. The molecular weight excluding hydrogens is 203 g/mol. The topological polar surface area (TPSA) is 27.0 Å². The Morgan fingerprint density at radius 2 is 2.12 bits per heavy atom. The molecular formula is C13H15FN2. The Bertz CT molecular complexity index is 418. The van der Waals surface area contributed by atoms with Crippen molar-refractivity contribution in [1.29, 1.82) is 5.26 Å². The van der Waals surface area contributed by atoms with E-state index >= 15 is 0 Å². The van der Waals surface area contributed by atoms with E-state index in [0.717, 1.165) is 19.4 Å². The maximum absolute atomic E-state index is 13.4. The summed E-state index contributed by atoms with van der Waals surface area (Å²) in [5, 5.41) is 8.98. The van der Waals surface area contributed by atoms with Crippen LogP contribution >= 0.6 is 0 Å². The van der Waals surface area contributed by atoms with E-state index in [1.165, 1.54) is 6.07 Å². The van der Waals surface area contributed by atoms with Gasteiger partial charge in [0.05, 0.1) is 11.5 Å². The third-order valence-electron chi connectivity index (χ3n) is 3.06. The number of hydrogen-bond donors (Lipinski definition) is 0. The molecule has 0 bridgehead atoms. The Balaban J connectivity index is 1.96. The van der Waals surface area contributed by atoms with Gasteiger partial charge in [0.25, 0.3) is 0 Å². The van der Waals surface area contributed by atoms with Crippen molar-refractivity contribution < 1.29 is 4.39 Å². The summed E-state index contributed by atoms with van der Waals surface area (Å²) in [5.41, 5.74) is 0.541. The quantitative estimate of drug-likeness (QED) is 0.776. The maximum Gasteiger partial charge on any atom is 0.127 e. The van der Waals surface area contributed by atoms with Gasteiger partial charge in [-0.25, -0.2) is 4.39 Å². The lowest BCUT2D eigenvalue weighted by molar-refractivity contribution is 0.282. The molecule has 0 heterocycles. The summed E-state index contributed by atoms with van der Waals surface area (Å²) < 4.78 is 13.4. The van der Waals surface area contributed by atoms with E-state index in [9.17, 15) is 4.39 Å². The Hall–Kier alpha value is -1.40. The third kappa shape index (κ3) is 2.40. The van der Waals surface area contributed by atoms with Gasteiger partial charge in [0.2, 0.25) is 0 Å². The SMILES string of the molecule is CN(Cc1ccccc1F)CC1(C#N)CC1. The fraction of sp³-hybridized carbons (Fsp3) is 0.462. The van der Waals surface area contributed by atoms with Crippen molar-refractivity contribution in [3.8, 4) is 6.07 Å². The standard InChI is InChI=1S/C13H15FN2/c1-16(10-13(9-15)6-7-13)8-11-4-2-3-5-12(11)14/h2-5H,6-8,10H2,1H3. The Labute approximate surface area is 95.3 Å². The molecule has 0 atom stereocenters. The number of nitrogens with zero attached hydrogens (tertiary/aromatic N) is 2. The number of nitriles is 1. The van der Waals surface area contributed by atoms with Crippen LogP contribution in [0.3, 0.4) is 0 Å². The molecule has 1 fully saturated rings. The van der Waals surface area contributed by atoms with Crippen LogP contribution in [0.1, 0.15) is 18.4 Å². The number of rotatable bonds is 4. The molecule has 2 rings (SSSR count). The zero-order valence-corrected chi connectivity index (χ0v) is 9.41. The largest absolute Gasteiger partial charge is 0.300 e. The van der Waals surface area contributed by atoms with E-state index in [4.69, 9.17) is 5.26 Å². The van der Waals surface area contributed by atoms with Crippen LogP contribution in [0.2, 0.25) is 0 Å². The molecule has 0 radical (unpaired) electrons. The zero-order chi connectivity index (χ0) is 11.6. The molecule has 1 aliphatic rings. The molecule has 2 nitrogen and oxygen atoms in total. The van der Waals surface area contributed by atoms with Crippen LogP contribution in [0, 0.1) is 22.6 Å². The van der Waals surface area contributed by atoms with Crippen LogP contribution in [-0.4, -0.2) is 18.5 Å². The molecule has 0 N–H and O–H groups in total. The highest BCUT2D eigenvalue weighted by molar-refractivity contribution is 5.18. The molecule has 1 aliphatic carbocycles. The molecule has 0 aliphatic heterocycles. The molecule has 0 unspecified atom stereocenters. The first-order valence-corrected chi connectivity index (χ1v) is 5.48. The van der Waals surface area contributed by atoms with Gasteiger partial charge in [-0.05, 0) is 26.0 Å². The highest BCUT2D eigenvalue weighted by Crippen LogP contribution is 2.45. The van der Waals surface area contributed by atoms with Crippen molar-refractivity contribution in [2.45, 2.75) is 19.4 Å². The molecule has 3 heteroatoms. The van der Waals surface area contributed by atoms with Crippen molar-refractivity contribution in [1.82, 2.24) is 4.90 Å². The van der Waals surface area contributed by atoms with Gasteiger partial charge in [0.15, 0.2) is 0 Å². The summed E-state index contributed by atoms with van der Waals surface area (Å²) >= 11 is 0. The fourth-order valence-corrected chi connectivity index (χ4v) is 1.95. The minimum Gasteiger partial charge on any atom is -0.300 e. The summed E-state index contributed by atoms with van der Waals surface area (Å²) in [4.78, 5) is 2.02. The Morgan fingerprint density at radius 3 is 2.69 bits per heavy atom. The molecule has 0 amide bonds. The average molecular weight is 218 g/mol. The lowest BCUT2D eigenvalue weighted by Crippen LogP contribution is -2.26. The van der Waals surface area contributed by atoms with Gasteiger partial charge in [-0.3, -0.25) is 0 Å².